The van der Waals surface area contributed by atoms with Crippen LogP contribution in [0.5, 0.6) is 0 Å². The molecule has 0 fully saturated rings. The number of aliphatic hydroxyl groups is 1. The van der Waals surface area contributed by atoms with Crippen LogP contribution in [0.2, 0.25) is 0 Å². The van der Waals surface area contributed by atoms with Gasteiger partial charge < -0.3 is 10.4 Å². The zero-order valence-corrected chi connectivity index (χ0v) is 8.91. The molecule has 0 aliphatic carbocycles. The molecule has 78 valence electrons. The van der Waals surface area contributed by atoms with Crippen LogP contribution in [0.25, 0.3) is 0 Å². The van der Waals surface area contributed by atoms with Crippen LogP contribution in [0.3, 0.4) is 0 Å². The van der Waals surface area contributed by atoms with Crippen molar-refractivity contribution in [2.24, 2.45) is 0 Å². The van der Waals surface area contributed by atoms with Gasteiger partial charge >= 0.3 is 0 Å². The van der Waals surface area contributed by atoms with Crippen molar-refractivity contribution in [3.8, 4) is 0 Å². The molecule has 2 N–H and O–H groups in total. The molecule has 4 heteroatoms. The largest absolute Gasteiger partial charge is 0.393 e. The topological polar surface area (TPSA) is 58.0 Å². The minimum Gasteiger partial charge on any atom is -0.393 e. The first kappa shape index (κ1) is 10.9. The maximum absolute atomic E-state index is 9.05. The monoisotopic (exact) mass is 195 g/mol. The van der Waals surface area contributed by atoms with Gasteiger partial charge in [0.2, 0.25) is 0 Å². The fourth-order valence-corrected chi connectivity index (χ4v) is 1.04. The highest BCUT2D eigenvalue weighted by Crippen LogP contribution is 2.07. The Hall–Kier alpha value is -1.16. The van der Waals surface area contributed by atoms with Crippen molar-refractivity contribution in [3.63, 3.8) is 0 Å². The van der Waals surface area contributed by atoms with Crippen molar-refractivity contribution in [3.05, 3.63) is 17.3 Å². The Kier molecular flexibility index (Phi) is 3.83. The van der Waals surface area contributed by atoms with Gasteiger partial charge in [-0.05, 0) is 38.8 Å². The summed E-state index contributed by atoms with van der Waals surface area (Å²) in [4.78, 5) is 0. The highest BCUT2D eigenvalue weighted by molar-refractivity contribution is 5.37. The SMILES string of the molecule is Cc1cc(NCCC(C)O)nnc1C. The van der Waals surface area contributed by atoms with E-state index in [4.69, 9.17) is 5.11 Å². The summed E-state index contributed by atoms with van der Waals surface area (Å²) in [5.41, 5.74) is 2.07. The van der Waals surface area contributed by atoms with Crippen molar-refractivity contribution in [1.29, 1.82) is 0 Å². The van der Waals surface area contributed by atoms with Crippen molar-refractivity contribution in [1.82, 2.24) is 10.2 Å². The van der Waals surface area contributed by atoms with Gasteiger partial charge in [-0.3, -0.25) is 0 Å². The minimum atomic E-state index is -0.276. The van der Waals surface area contributed by atoms with Crippen LogP contribution in [0.4, 0.5) is 5.82 Å². The van der Waals surface area contributed by atoms with E-state index in [1.165, 1.54) is 0 Å². The lowest BCUT2D eigenvalue weighted by atomic mass is 10.2. The first-order chi connectivity index (χ1) is 6.59. The summed E-state index contributed by atoms with van der Waals surface area (Å²) in [6.07, 6.45) is 0.441. The van der Waals surface area contributed by atoms with Crippen LogP contribution in [0.1, 0.15) is 24.6 Å². The third-order valence-corrected chi connectivity index (χ3v) is 2.10. The van der Waals surface area contributed by atoms with Gasteiger partial charge in [-0.2, -0.15) is 5.10 Å². The van der Waals surface area contributed by atoms with Gasteiger partial charge in [-0.25, -0.2) is 0 Å². The van der Waals surface area contributed by atoms with Gasteiger partial charge in [-0.1, -0.05) is 0 Å². The van der Waals surface area contributed by atoms with Gasteiger partial charge in [0.25, 0.3) is 0 Å². The summed E-state index contributed by atoms with van der Waals surface area (Å²) >= 11 is 0. The lowest BCUT2D eigenvalue weighted by Gasteiger charge is -2.07. The molecule has 0 aromatic carbocycles. The number of aromatic nitrogens is 2. The molecule has 4 nitrogen and oxygen atoms in total. The van der Waals surface area contributed by atoms with Crippen LogP contribution in [-0.4, -0.2) is 28.0 Å². The molecule has 0 radical (unpaired) electrons. The molecule has 0 saturated carbocycles. The van der Waals surface area contributed by atoms with Crippen molar-refractivity contribution >= 4 is 5.82 Å². The fraction of sp³-hybridized carbons (Fsp3) is 0.600. The van der Waals surface area contributed by atoms with E-state index in [0.717, 1.165) is 23.6 Å². The van der Waals surface area contributed by atoms with Gasteiger partial charge in [0.05, 0.1) is 11.8 Å². The van der Waals surface area contributed by atoms with Crippen molar-refractivity contribution in [2.45, 2.75) is 33.3 Å². The van der Waals surface area contributed by atoms with Crippen LogP contribution >= 0.6 is 0 Å². The van der Waals surface area contributed by atoms with Gasteiger partial charge in [0, 0.05) is 6.54 Å². The molecule has 0 aliphatic rings. The number of nitrogens with one attached hydrogen (secondary N) is 1. The van der Waals surface area contributed by atoms with E-state index in [9.17, 15) is 0 Å². The quantitative estimate of drug-likeness (QED) is 0.759. The molecule has 1 rings (SSSR count). The molecule has 1 heterocycles. The molecular formula is C10H17N3O. The van der Waals surface area contributed by atoms with Gasteiger partial charge in [0.15, 0.2) is 0 Å². The molecule has 0 bridgehead atoms. The van der Waals surface area contributed by atoms with Crippen LogP contribution < -0.4 is 5.32 Å². The normalized spacial score (nSPS) is 12.6. The Bertz CT molecular complexity index is 299. The molecule has 0 aliphatic heterocycles. The van der Waals surface area contributed by atoms with E-state index in [1.54, 1.807) is 6.92 Å². The van der Waals surface area contributed by atoms with E-state index < -0.39 is 0 Å². The van der Waals surface area contributed by atoms with Crippen molar-refractivity contribution < 1.29 is 5.11 Å². The summed E-state index contributed by atoms with van der Waals surface area (Å²) in [5, 5.41) is 20.2. The maximum Gasteiger partial charge on any atom is 0.148 e. The third kappa shape index (κ3) is 3.30. The maximum atomic E-state index is 9.05. The summed E-state index contributed by atoms with van der Waals surface area (Å²) in [7, 11) is 0. The Morgan fingerprint density at radius 3 is 2.71 bits per heavy atom. The first-order valence-corrected chi connectivity index (χ1v) is 4.82. The van der Waals surface area contributed by atoms with Gasteiger partial charge in [0.1, 0.15) is 5.82 Å². The molecule has 0 spiro atoms. The predicted octanol–water partition coefficient (Wildman–Crippen LogP) is 1.28. The number of rotatable bonds is 4. The van der Waals surface area contributed by atoms with Crippen LogP contribution in [0.15, 0.2) is 6.07 Å². The average molecular weight is 195 g/mol. The number of aliphatic hydroxyl groups excluding tert-OH is 1. The first-order valence-electron chi connectivity index (χ1n) is 4.82. The number of hydrogen-bond acceptors (Lipinski definition) is 4. The smallest absolute Gasteiger partial charge is 0.148 e. The molecule has 1 aromatic heterocycles. The molecule has 14 heavy (non-hydrogen) atoms. The molecule has 1 atom stereocenters. The Labute approximate surface area is 84.4 Å². The standard InChI is InChI=1S/C10H17N3O/c1-7-6-10(13-12-9(7)3)11-5-4-8(2)14/h6,8,14H,4-5H2,1-3H3,(H,11,13). The Balaban J connectivity index is 2.47. The summed E-state index contributed by atoms with van der Waals surface area (Å²) in [6, 6.07) is 1.96. The lowest BCUT2D eigenvalue weighted by Crippen LogP contribution is -2.11. The van der Waals surface area contributed by atoms with E-state index in [0.29, 0.717) is 6.42 Å². The Morgan fingerprint density at radius 1 is 1.43 bits per heavy atom. The Morgan fingerprint density at radius 2 is 2.14 bits per heavy atom. The number of anilines is 1. The number of aryl methyl sites for hydroxylation is 2. The predicted molar refractivity (Wildman–Crippen MR) is 56.3 cm³/mol. The summed E-state index contributed by atoms with van der Waals surface area (Å²) in [6.45, 7) is 6.42. The molecule has 0 saturated heterocycles. The average Bonchev–Trinajstić information content (AvgIpc) is 2.10. The molecule has 1 aromatic rings. The fourth-order valence-electron chi connectivity index (χ4n) is 1.04. The highest BCUT2D eigenvalue weighted by Gasteiger charge is 1.99. The highest BCUT2D eigenvalue weighted by atomic mass is 16.3. The van der Waals surface area contributed by atoms with Crippen molar-refractivity contribution in [2.75, 3.05) is 11.9 Å². The summed E-state index contributed by atoms with van der Waals surface area (Å²) < 4.78 is 0. The molecular weight excluding hydrogens is 178 g/mol. The number of nitrogens with zero attached hydrogens (tertiary/aromatic N) is 2. The van der Waals surface area contributed by atoms with E-state index >= 15 is 0 Å². The second kappa shape index (κ2) is 4.91. The second-order valence-corrected chi connectivity index (χ2v) is 3.56. The van der Waals surface area contributed by atoms with E-state index in [1.807, 2.05) is 19.9 Å². The van der Waals surface area contributed by atoms with Crippen LogP contribution in [0, 0.1) is 13.8 Å². The zero-order valence-electron chi connectivity index (χ0n) is 8.91. The molecule has 0 amide bonds. The van der Waals surface area contributed by atoms with E-state index in [2.05, 4.69) is 15.5 Å². The zero-order chi connectivity index (χ0) is 10.6. The van der Waals surface area contributed by atoms with Crippen LogP contribution in [-0.2, 0) is 0 Å². The molecule has 1 unspecified atom stereocenters. The second-order valence-electron chi connectivity index (χ2n) is 3.56. The summed E-state index contributed by atoms with van der Waals surface area (Å²) in [5.74, 6) is 0.772. The number of hydrogen-bond donors (Lipinski definition) is 2. The van der Waals surface area contributed by atoms with E-state index in [-0.39, 0.29) is 6.10 Å². The lowest BCUT2D eigenvalue weighted by molar-refractivity contribution is 0.188. The van der Waals surface area contributed by atoms with Gasteiger partial charge in [-0.15, -0.1) is 5.10 Å². The minimum absolute atomic E-state index is 0.276. The third-order valence-electron chi connectivity index (χ3n) is 2.10.